The van der Waals surface area contributed by atoms with Crippen molar-refractivity contribution in [2.45, 2.75) is 83.1 Å². The van der Waals surface area contributed by atoms with Crippen molar-refractivity contribution in [3.63, 3.8) is 0 Å². The summed E-state index contributed by atoms with van der Waals surface area (Å²) in [4.78, 5) is 46.3. The van der Waals surface area contributed by atoms with E-state index in [0.717, 1.165) is 44.8 Å². The molecule has 4 heterocycles. The van der Waals surface area contributed by atoms with Crippen LogP contribution in [0.4, 0.5) is 5.69 Å². The lowest BCUT2D eigenvalue weighted by molar-refractivity contribution is -0.141. The molecule has 2 bridgehead atoms. The summed E-state index contributed by atoms with van der Waals surface area (Å²) >= 11 is 6.15. The maximum absolute atomic E-state index is 14.3. The van der Waals surface area contributed by atoms with Crippen molar-refractivity contribution in [2.24, 2.45) is 29.6 Å². The molecule has 8 nitrogen and oxygen atoms in total. The van der Waals surface area contributed by atoms with Crippen LogP contribution in [0.2, 0.25) is 5.02 Å². The minimum Gasteiger partial charge on any atom is -0.359 e. The fourth-order valence-corrected chi connectivity index (χ4v) is 8.29. The minimum absolute atomic E-state index is 0.0634. The van der Waals surface area contributed by atoms with Gasteiger partial charge in [0.05, 0.1) is 17.9 Å². The highest BCUT2D eigenvalue weighted by Gasteiger charge is 2.72. The van der Waals surface area contributed by atoms with E-state index in [9.17, 15) is 14.4 Å². The summed E-state index contributed by atoms with van der Waals surface area (Å²) in [5.74, 6) is -0.440. The molecule has 3 saturated heterocycles. The lowest BCUT2D eigenvalue weighted by Gasteiger charge is -2.38. The van der Waals surface area contributed by atoms with Crippen LogP contribution in [0.25, 0.3) is 0 Å². The minimum atomic E-state index is -1.15. The van der Waals surface area contributed by atoms with Gasteiger partial charge in [-0.05, 0) is 81.3 Å². The van der Waals surface area contributed by atoms with E-state index in [1.54, 1.807) is 29.2 Å². The standard InChI is InChI=1S/C33H45ClN4O4/c1-20-12-17-37(18-13-20)15-6-16-38-29(31(40)36-25-10-4-7-21(2)22(25)3)33-14-11-26(42-33)27(28(33)32(38)41)30(39)35-24-9-5-8-23(34)19-24/h5,8-9,11,14,19-22,25-29H,4,6-7,10,12-13,15-18H2,1-3H3,(H,35,39)(H,36,40)/t21-,22-,25-,26+,27-,28+,29+,33+/m1/s1. The topological polar surface area (TPSA) is 91.0 Å². The average molecular weight is 597 g/mol. The van der Waals surface area contributed by atoms with Crippen molar-refractivity contribution in [2.75, 3.05) is 31.5 Å². The van der Waals surface area contributed by atoms with Gasteiger partial charge in [0.15, 0.2) is 0 Å². The fourth-order valence-electron chi connectivity index (χ4n) is 8.10. The molecule has 1 aromatic carbocycles. The molecule has 1 aromatic rings. The fraction of sp³-hybridized carbons (Fsp3) is 0.667. The van der Waals surface area contributed by atoms with E-state index in [-0.39, 0.29) is 23.8 Å². The molecule has 1 aliphatic carbocycles. The number of carbonyl (C=O) groups excluding carboxylic acids is 3. The second-order valence-electron chi connectivity index (χ2n) is 13.5. The summed E-state index contributed by atoms with van der Waals surface area (Å²) in [6.45, 7) is 10.3. The Labute approximate surface area is 254 Å². The number of likely N-dealkylation sites (tertiary alicyclic amines) is 2. The highest BCUT2D eigenvalue weighted by atomic mass is 35.5. The van der Waals surface area contributed by atoms with Crippen molar-refractivity contribution in [1.82, 2.24) is 15.1 Å². The maximum atomic E-state index is 14.3. The van der Waals surface area contributed by atoms with Crippen LogP contribution in [0.5, 0.6) is 0 Å². The average Bonchev–Trinajstić information content (AvgIpc) is 3.60. The zero-order chi connectivity index (χ0) is 29.6. The molecule has 4 aliphatic heterocycles. The summed E-state index contributed by atoms with van der Waals surface area (Å²) in [6, 6.07) is 6.24. The summed E-state index contributed by atoms with van der Waals surface area (Å²) in [5.41, 5.74) is -0.576. The van der Waals surface area contributed by atoms with Crippen LogP contribution in [-0.2, 0) is 19.1 Å². The number of halogens is 1. The van der Waals surface area contributed by atoms with Gasteiger partial charge in [-0.3, -0.25) is 14.4 Å². The van der Waals surface area contributed by atoms with Crippen LogP contribution < -0.4 is 10.6 Å². The normalized spacial score (nSPS) is 36.3. The SMILES string of the molecule is CC1CCN(CCCN2C(=O)[C@@H]3[C@H](C(=O)Nc4cccc(Cl)c4)[C@@H]4C=C[C@@]3(O4)[C@@H]2C(=O)N[C@@H]2CCC[C@@H](C)[C@H]2C)CC1. The molecule has 228 valence electrons. The van der Waals surface area contributed by atoms with Crippen LogP contribution in [0.3, 0.4) is 0 Å². The number of ether oxygens (including phenoxy) is 1. The Balaban J connectivity index is 1.24. The molecule has 4 fully saturated rings. The molecular formula is C33H45ClN4O4. The first-order chi connectivity index (χ1) is 20.2. The highest BCUT2D eigenvalue weighted by molar-refractivity contribution is 6.30. The van der Waals surface area contributed by atoms with Gasteiger partial charge in [0.1, 0.15) is 11.6 Å². The molecule has 9 heteroatoms. The van der Waals surface area contributed by atoms with Crippen molar-refractivity contribution in [3.8, 4) is 0 Å². The third kappa shape index (κ3) is 5.39. The van der Waals surface area contributed by atoms with Crippen LogP contribution in [0, 0.1) is 29.6 Å². The molecule has 2 N–H and O–H groups in total. The second-order valence-corrected chi connectivity index (χ2v) is 13.9. The number of nitrogens with one attached hydrogen (secondary N) is 2. The molecule has 0 aromatic heterocycles. The smallest absolute Gasteiger partial charge is 0.246 e. The molecular weight excluding hydrogens is 552 g/mol. The zero-order valence-electron chi connectivity index (χ0n) is 25.1. The third-order valence-electron chi connectivity index (χ3n) is 10.8. The first kappa shape index (κ1) is 29.6. The highest BCUT2D eigenvalue weighted by Crippen LogP contribution is 2.55. The first-order valence-electron chi connectivity index (χ1n) is 15.9. The van der Waals surface area contributed by atoms with E-state index in [4.69, 9.17) is 16.3 Å². The lowest BCUT2D eigenvalue weighted by Crippen LogP contribution is -2.58. The monoisotopic (exact) mass is 596 g/mol. The Hall–Kier alpha value is -2.42. The Bertz CT molecular complexity index is 1230. The van der Waals surface area contributed by atoms with Crippen molar-refractivity contribution >= 4 is 35.0 Å². The van der Waals surface area contributed by atoms with E-state index in [1.165, 1.54) is 19.3 Å². The van der Waals surface area contributed by atoms with Gasteiger partial charge in [0.25, 0.3) is 0 Å². The quantitative estimate of drug-likeness (QED) is 0.432. The van der Waals surface area contributed by atoms with Gasteiger partial charge in [0, 0.05) is 23.3 Å². The number of amides is 3. The number of benzene rings is 1. The Morgan fingerprint density at radius 1 is 1.07 bits per heavy atom. The van der Waals surface area contributed by atoms with Crippen LogP contribution in [0.1, 0.15) is 59.3 Å². The number of carbonyl (C=O) groups is 3. The third-order valence-corrected chi connectivity index (χ3v) is 11.0. The number of piperidine rings is 1. The number of anilines is 1. The molecule has 5 aliphatic rings. The number of hydrogen-bond donors (Lipinski definition) is 2. The predicted octanol–water partition coefficient (Wildman–Crippen LogP) is 4.49. The molecule has 0 radical (unpaired) electrons. The largest absolute Gasteiger partial charge is 0.359 e. The second kappa shape index (κ2) is 11.9. The van der Waals surface area contributed by atoms with Gasteiger partial charge >= 0.3 is 0 Å². The molecule has 0 unspecified atom stereocenters. The van der Waals surface area contributed by atoms with Gasteiger partial charge in [0.2, 0.25) is 17.7 Å². The lowest BCUT2D eigenvalue weighted by atomic mass is 9.73. The number of rotatable bonds is 8. The summed E-state index contributed by atoms with van der Waals surface area (Å²) in [6.07, 6.45) is 9.56. The number of hydrogen-bond acceptors (Lipinski definition) is 5. The summed E-state index contributed by atoms with van der Waals surface area (Å²) < 4.78 is 6.53. The predicted molar refractivity (Wildman–Crippen MR) is 163 cm³/mol. The molecule has 6 rings (SSSR count). The van der Waals surface area contributed by atoms with Crippen LogP contribution in [0.15, 0.2) is 36.4 Å². The zero-order valence-corrected chi connectivity index (χ0v) is 25.8. The summed E-state index contributed by atoms with van der Waals surface area (Å²) in [7, 11) is 0. The Kier molecular flexibility index (Phi) is 8.42. The van der Waals surface area contributed by atoms with Gasteiger partial charge in [-0.2, -0.15) is 0 Å². The summed E-state index contributed by atoms with van der Waals surface area (Å²) in [5, 5.41) is 6.81. The van der Waals surface area contributed by atoms with Gasteiger partial charge in [-0.15, -0.1) is 0 Å². The Morgan fingerprint density at radius 3 is 2.62 bits per heavy atom. The first-order valence-corrected chi connectivity index (χ1v) is 16.3. The van der Waals surface area contributed by atoms with Crippen LogP contribution in [-0.4, -0.2) is 77.5 Å². The number of nitrogens with zero attached hydrogens (tertiary/aromatic N) is 2. The Morgan fingerprint density at radius 2 is 1.86 bits per heavy atom. The molecule has 3 amide bonds. The van der Waals surface area contributed by atoms with Crippen molar-refractivity contribution < 1.29 is 19.1 Å². The van der Waals surface area contributed by atoms with E-state index < -0.39 is 29.6 Å². The van der Waals surface area contributed by atoms with Crippen molar-refractivity contribution in [3.05, 3.63) is 41.4 Å². The van der Waals surface area contributed by atoms with E-state index in [0.29, 0.717) is 29.1 Å². The van der Waals surface area contributed by atoms with Crippen molar-refractivity contribution in [1.29, 1.82) is 0 Å². The van der Waals surface area contributed by atoms with Gasteiger partial charge in [-0.25, -0.2) is 0 Å². The van der Waals surface area contributed by atoms with Crippen LogP contribution >= 0.6 is 11.6 Å². The van der Waals surface area contributed by atoms with Gasteiger partial charge < -0.3 is 25.2 Å². The van der Waals surface area contributed by atoms with E-state index in [1.807, 2.05) is 12.2 Å². The molecule has 1 spiro atoms. The molecule has 1 saturated carbocycles. The van der Waals surface area contributed by atoms with Gasteiger partial charge in [-0.1, -0.05) is 63.4 Å². The molecule has 42 heavy (non-hydrogen) atoms. The maximum Gasteiger partial charge on any atom is 0.246 e. The van der Waals surface area contributed by atoms with E-state index in [2.05, 4.69) is 36.3 Å². The molecule has 8 atom stereocenters. The van der Waals surface area contributed by atoms with E-state index >= 15 is 0 Å². The number of fused-ring (bicyclic) bond motifs is 1.